The van der Waals surface area contributed by atoms with Crippen LogP contribution in [0.5, 0.6) is 0 Å². The molecule has 0 radical (unpaired) electrons. The smallest absolute Gasteiger partial charge is 0.240 e. The fourth-order valence-corrected chi connectivity index (χ4v) is 7.96. The second-order valence-corrected chi connectivity index (χ2v) is 12.3. The summed E-state index contributed by atoms with van der Waals surface area (Å²) in [5.74, 6) is -1.21. The van der Waals surface area contributed by atoms with Crippen LogP contribution in [0.2, 0.25) is 0 Å². The summed E-state index contributed by atoms with van der Waals surface area (Å²) in [7, 11) is -4.05. The van der Waals surface area contributed by atoms with E-state index in [2.05, 4.69) is 0 Å². The topological polar surface area (TPSA) is 51.2 Å². The third-order valence-corrected chi connectivity index (χ3v) is 9.19. The minimum Gasteiger partial charge on any atom is -0.302 e. The van der Waals surface area contributed by atoms with E-state index in [-0.39, 0.29) is 0 Å². The van der Waals surface area contributed by atoms with Crippen LogP contribution in [0.25, 0.3) is 0 Å². The summed E-state index contributed by atoms with van der Waals surface area (Å²) in [6.07, 6.45) is 11.5. The summed E-state index contributed by atoms with van der Waals surface area (Å²) >= 11 is 0. The molecule has 30 heavy (non-hydrogen) atoms. The van der Waals surface area contributed by atoms with Gasteiger partial charge in [0.2, 0.25) is 18.2 Å². The summed E-state index contributed by atoms with van der Waals surface area (Å²) in [6, 6.07) is 8.61. The number of benzene rings is 1. The Balaban J connectivity index is 2.20. The van der Waals surface area contributed by atoms with E-state index >= 15 is 0 Å². The fourth-order valence-electron chi connectivity index (χ4n) is 4.84. The molecule has 0 aliphatic heterocycles. The molecule has 2 unspecified atom stereocenters. The Labute approximate surface area is 180 Å². The number of rotatable bonds is 5. The van der Waals surface area contributed by atoms with E-state index in [1.54, 1.807) is 30.3 Å². The van der Waals surface area contributed by atoms with Gasteiger partial charge >= 0.3 is 0 Å². The van der Waals surface area contributed by atoms with Gasteiger partial charge in [0.05, 0.1) is 11.8 Å². The van der Waals surface area contributed by atoms with Gasteiger partial charge in [0.25, 0.3) is 0 Å². The van der Waals surface area contributed by atoms with Gasteiger partial charge in [-0.2, -0.15) is 0 Å². The van der Waals surface area contributed by atoms with Crippen LogP contribution in [0.1, 0.15) is 41.5 Å². The lowest BCUT2D eigenvalue weighted by Gasteiger charge is -2.39. The predicted octanol–water partition coefficient (Wildman–Crippen LogP) is 6.05. The average Bonchev–Trinajstić information content (AvgIpc) is 2.66. The van der Waals surface area contributed by atoms with Crippen LogP contribution in [0.15, 0.2) is 77.9 Å². The van der Waals surface area contributed by atoms with Crippen LogP contribution in [0.4, 0.5) is 0 Å². The number of hydrogen-bond donors (Lipinski definition) is 0. The molecule has 0 saturated heterocycles. The Morgan fingerprint density at radius 1 is 0.767 bits per heavy atom. The molecule has 3 rings (SSSR count). The number of carbonyl (C=O) groups excluding carboxylic acids is 2. The van der Waals surface area contributed by atoms with Crippen molar-refractivity contribution in [2.45, 2.75) is 41.5 Å². The van der Waals surface area contributed by atoms with Crippen LogP contribution < -0.4 is 5.30 Å². The molecule has 0 heterocycles. The number of carbonyl (C=O) groups is 2. The zero-order valence-corrected chi connectivity index (χ0v) is 19.6. The highest BCUT2D eigenvalue weighted by Gasteiger charge is 2.53. The van der Waals surface area contributed by atoms with Crippen LogP contribution in [-0.4, -0.2) is 11.0 Å². The molecular formula is C26H31O3P. The maximum Gasteiger partial charge on any atom is 0.240 e. The third kappa shape index (κ3) is 3.65. The first kappa shape index (κ1) is 22.4. The van der Waals surface area contributed by atoms with Gasteiger partial charge in [0, 0.05) is 5.30 Å². The molecule has 0 bridgehead atoms. The monoisotopic (exact) mass is 422 g/mol. The van der Waals surface area contributed by atoms with Crippen LogP contribution in [-0.2, 0) is 14.2 Å². The Morgan fingerprint density at radius 2 is 1.17 bits per heavy atom. The molecule has 1 aromatic carbocycles. The normalized spacial score (nSPS) is 26.3. The van der Waals surface area contributed by atoms with Gasteiger partial charge < -0.3 is 4.57 Å². The van der Waals surface area contributed by atoms with Gasteiger partial charge in [-0.05, 0) is 24.7 Å². The molecule has 0 spiro atoms. The molecule has 0 saturated carbocycles. The molecular weight excluding hydrogens is 391 g/mol. The lowest BCUT2D eigenvalue weighted by Crippen LogP contribution is -2.40. The lowest BCUT2D eigenvalue weighted by molar-refractivity contribution is -0.119. The fraction of sp³-hybridized carbons (Fsp3) is 0.385. The van der Waals surface area contributed by atoms with Gasteiger partial charge in [-0.1, -0.05) is 106 Å². The number of hydrogen-bond acceptors (Lipinski definition) is 3. The average molecular weight is 423 g/mol. The van der Waals surface area contributed by atoms with Gasteiger partial charge in [-0.3, -0.25) is 9.59 Å². The SMILES string of the molecule is CC1=CC=CC(C)(C)C1C(=O)P(=O)(C(=O)C1C(C)=CC=CC1(C)C)c1ccccc1. The van der Waals surface area contributed by atoms with E-state index in [4.69, 9.17) is 0 Å². The summed E-state index contributed by atoms with van der Waals surface area (Å²) in [4.78, 5) is 28.1. The quantitative estimate of drug-likeness (QED) is 0.543. The second-order valence-electron chi connectivity index (χ2n) is 9.67. The molecule has 0 aromatic heterocycles. The van der Waals surface area contributed by atoms with E-state index in [1.807, 2.05) is 78.0 Å². The minimum atomic E-state index is -4.05. The molecule has 0 fully saturated rings. The lowest BCUT2D eigenvalue weighted by atomic mass is 9.73. The number of allylic oxidation sites excluding steroid dienone is 8. The highest BCUT2D eigenvalue weighted by atomic mass is 31.2. The van der Waals surface area contributed by atoms with Crippen molar-refractivity contribution < 1.29 is 14.2 Å². The zero-order valence-electron chi connectivity index (χ0n) is 18.7. The molecule has 158 valence electrons. The third-order valence-electron chi connectivity index (χ3n) is 6.40. The van der Waals surface area contributed by atoms with Crippen molar-refractivity contribution in [1.29, 1.82) is 0 Å². The van der Waals surface area contributed by atoms with Crippen molar-refractivity contribution in [1.82, 2.24) is 0 Å². The Bertz CT molecular complexity index is 973. The summed E-state index contributed by atoms with van der Waals surface area (Å²) in [5, 5.41) is 0.330. The molecule has 2 aliphatic rings. The van der Waals surface area contributed by atoms with E-state index in [0.29, 0.717) is 5.30 Å². The molecule has 2 atom stereocenters. The van der Waals surface area contributed by atoms with Crippen molar-refractivity contribution in [3.8, 4) is 0 Å². The van der Waals surface area contributed by atoms with Crippen LogP contribution in [0.3, 0.4) is 0 Å². The Hall–Kier alpha value is -2.25. The highest BCUT2D eigenvalue weighted by molar-refractivity contribution is 8.00. The first-order chi connectivity index (χ1) is 13.9. The van der Waals surface area contributed by atoms with E-state index in [9.17, 15) is 14.2 Å². The van der Waals surface area contributed by atoms with E-state index in [1.165, 1.54) is 0 Å². The largest absolute Gasteiger partial charge is 0.302 e. The summed E-state index contributed by atoms with van der Waals surface area (Å²) in [5.41, 5.74) is -0.279. The predicted molar refractivity (Wildman–Crippen MR) is 124 cm³/mol. The minimum absolute atomic E-state index is 0.330. The van der Waals surface area contributed by atoms with Crippen molar-refractivity contribution in [3.63, 3.8) is 0 Å². The van der Waals surface area contributed by atoms with E-state index in [0.717, 1.165) is 11.1 Å². The van der Waals surface area contributed by atoms with Crippen molar-refractivity contribution in [2.24, 2.45) is 22.7 Å². The molecule has 1 aromatic rings. The maximum atomic E-state index is 14.7. The first-order valence-electron chi connectivity index (χ1n) is 10.4. The molecule has 0 amide bonds. The molecule has 2 aliphatic carbocycles. The van der Waals surface area contributed by atoms with Crippen molar-refractivity contribution in [3.05, 3.63) is 77.9 Å². The molecule has 3 nitrogen and oxygen atoms in total. The second kappa shape index (κ2) is 7.78. The Morgan fingerprint density at radius 3 is 1.53 bits per heavy atom. The van der Waals surface area contributed by atoms with Crippen LogP contribution >= 0.6 is 7.14 Å². The van der Waals surface area contributed by atoms with Crippen LogP contribution in [0, 0.1) is 22.7 Å². The first-order valence-corrected chi connectivity index (χ1v) is 12.1. The zero-order chi connectivity index (χ0) is 22.3. The van der Waals surface area contributed by atoms with E-state index < -0.39 is 40.9 Å². The molecule has 4 heteroatoms. The van der Waals surface area contributed by atoms with Crippen molar-refractivity contribution in [2.75, 3.05) is 0 Å². The summed E-state index contributed by atoms with van der Waals surface area (Å²) in [6.45, 7) is 11.6. The molecule has 0 N–H and O–H groups in total. The van der Waals surface area contributed by atoms with Gasteiger partial charge in [-0.25, -0.2) is 0 Å². The maximum absolute atomic E-state index is 14.7. The Kier molecular flexibility index (Phi) is 5.82. The van der Waals surface area contributed by atoms with Gasteiger partial charge in [-0.15, -0.1) is 0 Å². The highest BCUT2D eigenvalue weighted by Crippen LogP contribution is 2.58. The summed E-state index contributed by atoms with van der Waals surface area (Å²) < 4.78 is 14.7. The standard InChI is InChI=1S/C26H31O3P/c1-18-12-10-16-25(3,4)21(18)23(27)30(29,20-14-8-7-9-15-20)24(28)22-19(2)13-11-17-26(22,5)6/h7-17,21-22H,1-6H3. The van der Waals surface area contributed by atoms with Crippen molar-refractivity contribution >= 4 is 23.5 Å². The van der Waals surface area contributed by atoms with Gasteiger partial charge in [0.1, 0.15) is 0 Å². The van der Waals surface area contributed by atoms with Gasteiger partial charge in [0.15, 0.2) is 0 Å².